The summed E-state index contributed by atoms with van der Waals surface area (Å²) in [5.74, 6) is 3.59. The minimum absolute atomic E-state index is 0.363. The second kappa shape index (κ2) is 6.62. The molecule has 5 unspecified atom stereocenters. The van der Waals surface area contributed by atoms with Crippen LogP contribution >= 0.6 is 0 Å². The third kappa shape index (κ3) is 3.12. The van der Waals surface area contributed by atoms with Crippen LogP contribution in [0, 0.1) is 35.0 Å². The van der Waals surface area contributed by atoms with E-state index in [1.165, 1.54) is 51.2 Å². The van der Waals surface area contributed by atoms with Crippen molar-refractivity contribution in [3.63, 3.8) is 0 Å². The van der Waals surface area contributed by atoms with Gasteiger partial charge in [0.15, 0.2) is 0 Å². The predicted octanol–water partition coefficient (Wildman–Crippen LogP) is 5.48. The van der Waals surface area contributed by atoms with Gasteiger partial charge in [-0.25, -0.2) is 0 Å². The predicted molar refractivity (Wildman–Crippen MR) is 85.6 cm³/mol. The molecular weight excluding hydrogens is 244 g/mol. The van der Waals surface area contributed by atoms with Crippen molar-refractivity contribution in [3.8, 4) is 0 Å². The summed E-state index contributed by atoms with van der Waals surface area (Å²) < 4.78 is 0. The van der Waals surface area contributed by atoms with Crippen LogP contribution in [0.15, 0.2) is 0 Å². The van der Waals surface area contributed by atoms with Crippen LogP contribution in [0.3, 0.4) is 0 Å². The van der Waals surface area contributed by atoms with Gasteiger partial charge < -0.3 is 4.79 Å². The average Bonchev–Trinajstić information content (AvgIpc) is 2.75. The number of aldehydes is 1. The highest BCUT2D eigenvalue weighted by Gasteiger charge is 2.52. The van der Waals surface area contributed by atoms with E-state index in [2.05, 4.69) is 27.7 Å². The van der Waals surface area contributed by atoms with Crippen LogP contribution in [-0.4, -0.2) is 6.29 Å². The van der Waals surface area contributed by atoms with Crippen LogP contribution in [0.25, 0.3) is 0 Å². The molecule has 5 atom stereocenters. The Morgan fingerprint density at radius 3 is 2.55 bits per heavy atom. The van der Waals surface area contributed by atoms with Crippen molar-refractivity contribution in [2.45, 2.75) is 79.1 Å². The molecule has 0 heterocycles. The lowest BCUT2D eigenvalue weighted by Gasteiger charge is -2.45. The summed E-state index contributed by atoms with van der Waals surface area (Å²) in [5, 5.41) is 0. The molecule has 0 radical (unpaired) electrons. The molecule has 1 nitrogen and oxygen atoms in total. The molecule has 2 aliphatic carbocycles. The van der Waals surface area contributed by atoms with Crippen molar-refractivity contribution in [3.05, 3.63) is 0 Å². The number of hydrogen-bond acceptors (Lipinski definition) is 1. The Bertz CT molecular complexity index is 322. The smallest absolute Gasteiger partial charge is 0.123 e. The molecule has 0 amide bonds. The summed E-state index contributed by atoms with van der Waals surface area (Å²) in [6.45, 7) is 9.63. The van der Waals surface area contributed by atoms with Gasteiger partial charge in [0.2, 0.25) is 0 Å². The molecule has 2 aliphatic rings. The Morgan fingerprint density at radius 2 is 1.90 bits per heavy atom. The van der Waals surface area contributed by atoms with Gasteiger partial charge in [-0.05, 0) is 54.8 Å². The van der Waals surface area contributed by atoms with Crippen molar-refractivity contribution in [2.24, 2.45) is 35.0 Å². The minimum Gasteiger partial charge on any atom is -0.303 e. The van der Waals surface area contributed by atoms with Gasteiger partial charge in [0.1, 0.15) is 6.29 Å². The maximum atomic E-state index is 11.4. The van der Waals surface area contributed by atoms with Crippen molar-refractivity contribution in [1.29, 1.82) is 0 Å². The number of fused-ring (bicyclic) bond motifs is 1. The first-order chi connectivity index (χ1) is 9.49. The van der Waals surface area contributed by atoms with Gasteiger partial charge in [-0.2, -0.15) is 0 Å². The van der Waals surface area contributed by atoms with Crippen molar-refractivity contribution in [2.75, 3.05) is 0 Å². The van der Waals surface area contributed by atoms with Gasteiger partial charge in [-0.1, -0.05) is 53.4 Å². The summed E-state index contributed by atoms with van der Waals surface area (Å²) in [4.78, 5) is 11.4. The molecule has 0 saturated heterocycles. The largest absolute Gasteiger partial charge is 0.303 e. The Kier molecular flexibility index (Phi) is 5.31. The zero-order valence-corrected chi connectivity index (χ0v) is 14.0. The summed E-state index contributed by atoms with van der Waals surface area (Å²) in [6.07, 6.45) is 11.9. The third-order valence-corrected chi connectivity index (χ3v) is 6.56. The Morgan fingerprint density at radius 1 is 1.15 bits per heavy atom. The van der Waals surface area contributed by atoms with E-state index >= 15 is 0 Å². The van der Waals surface area contributed by atoms with Crippen LogP contribution in [-0.2, 0) is 4.79 Å². The first kappa shape index (κ1) is 16.0. The second-order valence-electron chi connectivity index (χ2n) is 8.29. The standard InChI is InChI=1S/C19H34O/c1-14(2)7-5-8-15(3)17-10-11-18-16(13-20)9-6-12-19(17,18)4/h13-18H,5-12H2,1-4H3. The van der Waals surface area contributed by atoms with Gasteiger partial charge in [0.05, 0.1) is 0 Å². The van der Waals surface area contributed by atoms with E-state index in [0.29, 0.717) is 17.3 Å². The van der Waals surface area contributed by atoms with Crippen LogP contribution in [0.4, 0.5) is 0 Å². The molecule has 0 aromatic rings. The molecule has 2 rings (SSSR count). The zero-order valence-electron chi connectivity index (χ0n) is 14.0. The fourth-order valence-electron chi connectivity index (χ4n) is 5.43. The van der Waals surface area contributed by atoms with E-state index in [1.807, 2.05) is 0 Å². The highest BCUT2D eigenvalue weighted by Crippen LogP contribution is 2.59. The quantitative estimate of drug-likeness (QED) is 0.588. The third-order valence-electron chi connectivity index (χ3n) is 6.56. The van der Waals surface area contributed by atoms with Crippen LogP contribution < -0.4 is 0 Å². The fourth-order valence-corrected chi connectivity index (χ4v) is 5.43. The molecular formula is C19H34O. The molecule has 0 spiro atoms. The van der Waals surface area contributed by atoms with Crippen molar-refractivity contribution >= 4 is 6.29 Å². The van der Waals surface area contributed by atoms with E-state index in [1.54, 1.807) is 0 Å². The maximum absolute atomic E-state index is 11.4. The van der Waals surface area contributed by atoms with Crippen LogP contribution in [0.2, 0.25) is 0 Å². The van der Waals surface area contributed by atoms with Crippen molar-refractivity contribution in [1.82, 2.24) is 0 Å². The molecule has 20 heavy (non-hydrogen) atoms. The molecule has 1 heteroatoms. The normalized spacial score (nSPS) is 38.8. The SMILES string of the molecule is CC(C)CCCC(C)C1CCC2C(C=O)CCCC12C. The molecule has 0 bridgehead atoms. The zero-order chi connectivity index (χ0) is 14.8. The number of carbonyl (C=O) groups excluding carboxylic acids is 1. The van der Waals surface area contributed by atoms with Gasteiger partial charge >= 0.3 is 0 Å². The monoisotopic (exact) mass is 278 g/mol. The fraction of sp³-hybridized carbons (Fsp3) is 0.947. The molecule has 0 aliphatic heterocycles. The first-order valence-corrected chi connectivity index (χ1v) is 8.94. The molecule has 2 fully saturated rings. The first-order valence-electron chi connectivity index (χ1n) is 8.94. The van der Waals surface area contributed by atoms with E-state index in [4.69, 9.17) is 0 Å². The highest BCUT2D eigenvalue weighted by molar-refractivity contribution is 5.54. The summed E-state index contributed by atoms with van der Waals surface area (Å²) >= 11 is 0. The van der Waals surface area contributed by atoms with E-state index in [0.717, 1.165) is 24.2 Å². The summed E-state index contributed by atoms with van der Waals surface area (Å²) in [7, 11) is 0. The minimum atomic E-state index is 0.363. The Hall–Kier alpha value is -0.330. The molecule has 0 aromatic carbocycles. The lowest BCUT2D eigenvalue weighted by atomic mass is 9.59. The average molecular weight is 278 g/mol. The molecule has 0 N–H and O–H groups in total. The lowest BCUT2D eigenvalue weighted by molar-refractivity contribution is -0.116. The molecule has 0 aromatic heterocycles. The maximum Gasteiger partial charge on any atom is 0.123 e. The van der Waals surface area contributed by atoms with Crippen LogP contribution in [0.5, 0.6) is 0 Å². The number of rotatable bonds is 6. The van der Waals surface area contributed by atoms with Crippen molar-refractivity contribution < 1.29 is 4.79 Å². The van der Waals surface area contributed by atoms with Crippen LogP contribution in [0.1, 0.15) is 79.1 Å². The number of hydrogen-bond donors (Lipinski definition) is 0. The van der Waals surface area contributed by atoms with E-state index in [-0.39, 0.29) is 0 Å². The highest BCUT2D eigenvalue weighted by atomic mass is 16.1. The van der Waals surface area contributed by atoms with E-state index in [9.17, 15) is 4.79 Å². The Labute approximate surface area is 125 Å². The molecule has 2 saturated carbocycles. The summed E-state index contributed by atoms with van der Waals surface area (Å²) in [5.41, 5.74) is 0.459. The van der Waals surface area contributed by atoms with E-state index < -0.39 is 0 Å². The second-order valence-corrected chi connectivity index (χ2v) is 8.29. The van der Waals surface area contributed by atoms with Gasteiger partial charge in [0.25, 0.3) is 0 Å². The van der Waals surface area contributed by atoms with Gasteiger partial charge in [-0.3, -0.25) is 0 Å². The Balaban J connectivity index is 1.97. The topological polar surface area (TPSA) is 17.1 Å². The van der Waals surface area contributed by atoms with Gasteiger partial charge in [-0.15, -0.1) is 0 Å². The van der Waals surface area contributed by atoms with Gasteiger partial charge in [0, 0.05) is 5.92 Å². The molecule has 116 valence electrons. The lowest BCUT2D eigenvalue weighted by Crippen LogP contribution is -2.39. The summed E-state index contributed by atoms with van der Waals surface area (Å²) in [6, 6.07) is 0. The number of carbonyl (C=O) groups is 1.